The Bertz CT molecular complexity index is 3360. The molecule has 1 spiro atoms. The third kappa shape index (κ3) is 4.73. The van der Waals surface area contributed by atoms with Gasteiger partial charge < -0.3 is 9.47 Å². The lowest BCUT2D eigenvalue weighted by atomic mass is 9.43. The van der Waals surface area contributed by atoms with Crippen LogP contribution in [-0.4, -0.2) is 4.57 Å². The van der Waals surface area contributed by atoms with E-state index < -0.39 is 0 Å². The number of benzene rings is 8. The highest BCUT2D eigenvalue weighted by Gasteiger charge is 2.61. The van der Waals surface area contributed by atoms with Crippen molar-refractivity contribution in [2.24, 2.45) is 23.7 Å². The number of hydrogen-bond donors (Lipinski definition) is 0. The smallest absolute Gasteiger partial charge is 0.0782 e. The lowest BCUT2D eigenvalue weighted by Gasteiger charge is -2.61. The van der Waals surface area contributed by atoms with Gasteiger partial charge >= 0.3 is 0 Å². The Kier molecular flexibility index (Phi) is 7.20. The van der Waals surface area contributed by atoms with Gasteiger partial charge in [-0.2, -0.15) is 0 Å². The number of anilines is 3. The monoisotopic (exact) mass is 800 g/mol. The molecule has 4 bridgehead atoms. The fourth-order valence-electron chi connectivity index (χ4n) is 13.5. The summed E-state index contributed by atoms with van der Waals surface area (Å²) in [6.07, 6.45) is 6.94. The largest absolute Gasteiger partial charge is 0.308 e. The van der Waals surface area contributed by atoms with E-state index in [0.717, 1.165) is 11.8 Å². The summed E-state index contributed by atoms with van der Waals surface area (Å²) in [6.45, 7) is 0. The summed E-state index contributed by atoms with van der Waals surface area (Å²) in [5.41, 5.74) is 16.0. The highest BCUT2D eigenvalue weighted by molar-refractivity contribution is 7.26. The van der Waals surface area contributed by atoms with Gasteiger partial charge in [0.15, 0.2) is 0 Å². The van der Waals surface area contributed by atoms with Crippen LogP contribution >= 0.6 is 11.3 Å². The number of nitrogens with zero attached hydrogens (tertiary/aromatic N) is 2. The van der Waals surface area contributed by atoms with Crippen LogP contribution in [0.15, 0.2) is 182 Å². The van der Waals surface area contributed by atoms with E-state index in [1.165, 1.54) is 119 Å². The quantitative estimate of drug-likeness (QED) is 0.168. The predicted molar refractivity (Wildman–Crippen MR) is 257 cm³/mol. The molecular weight excluding hydrogens is 757 g/mol. The number of aromatic nitrogens is 1. The number of rotatable bonds is 5. The van der Waals surface area contributed by atoms with Crippen molar-refractivity contribution >= 4 is 70.4 Å². The van der Waals surface area contributed by atoms with Gasteiger partial charge in [-0.1, -0.05) is 127 Å². The Balaban J connectivity index is 1.07. The maximum absolute atomic E-state index is 2.67. The number of para-hydroxylation sites is 3. The Labute approximate surface area is 360 Å². The average molecular weight is 801 g/mol. The van der Waals surface area contributed by atoms with Crippen LogP contribution < -0.4 is 4.90 Å². The van der Waals surface area contributed by atoms with Crippen molar-refractivity contribution < 1.29 is 0 Å². The van der Waals surface area contributed by atoms with E-state index in [1.807, 2.05) is 11.3 Å². The fourth-order valence-corrected chi connectivity index (χ4v) is 14.7. The molecule has 15 rings (SSSR count). The molecule has 0 N–H and O–H groups in total. The molecule has 4 saturated carbocycles. The van der Waals surface area contributed by atoms with E-state index in [-0.39, 0.29) is 5.41 Å². The molecule has 0 radical (unpaired) electrons. The minimum atomic E-state index is 0.0703. The van der Waals surface area contributed by atoms with E-state index in [2.05, 4.69) is 191 Å². The van der Waals surface area contributed by atoms with Gasteiger partial charge in [-0.05, 0) is 144 Å². The van der Waals surface area contributed by atoms with Crippen molar-refractivity contribution in [2.45, 2.75) is 37.5 Å². The van der Waals surface area contributed by atoms with Crippen LogP contribution in [0.25, 0.3) is 69.9 Å². The summed E-state index contributed by atoms with van der Waals surface area (Å²) >= 11 is 1.91. The van der Waals surface area contributed by atoms with E-state index in [0.29, 0.717) is 11.8 Å². The van der Waals surface area contributed by atoms with Crippen molar-refractivity contribution in [2.75, 3.05) is 4.90 Å². The van der Waals surface area contributed by atoms with Crippen LogP contribution in [0.4, 0.5) is 17.1 Å². The van der Waals surface area contributed by atoms with Crippen LogP contribution in [0, 0.1) is 23.7 Å². The topological polar surface area (TPSA) is 8.17 Å². The molecular formula is C58H44N2S. The Hall–Kier alpha value is -6.42. The summed E-state index contributed by atoms with van der Waals surface area (Å²) in [5, 5.41) is 5.16. The lowest BCUT2D eigenvalue weighted by molar-refractivity contribution is -0.0399. The zero-order valence-electron chi connectivity index (χ0n) is 34.0. The molecule has 292 valence electrons. The summed E-state index contributed by atoms with van der Waals surface area (Å²) in [7, 11) is 0. The molecule has 4 fully saturated rings. The fraction of sp³-hybridized carbons (Fsp3) is 0.172. The second-order valence-electron chi connectivity index (χ2n) is 18.5. The van der Waals surface area contributed by atoms with E-state index in [4.69, 9.17) is 0 Å². The van der Waals surface area contributed by atoms with E-state index in [9.17, 15) is 0 Å². The molecule has 0 atom stereocenters. The summed E-state index contributed by atoms with van der Waals surface area (Å²) in [4.78, 5) is 2.65. The van der Waals surface area contributed by atoms with E-state index in [1.54, 1.807) is 11.1 Å². The maximum Gasteiger partial charge on any atom is 0.0782 e. The lowest BCUT2D eigenvalue weighted by Crippen LogP contribution is -2.55. The SMILES string of the molecule is c1ccc(-c2ccc3c(c2)sc2cccc(N(c4ccc5c(c4)C4(c6ccccc6-5)C5CC6CC(C5)CC4C6)c4cccc5c6ccccc6n(-c6ccccc6)c45)c23)cc1. The van der Waals surface area contributed by atoms with Gasteiger partial charge in [0.2, 0.25) is 0 Å². The zero-order chi connectivity index (χ0) is 39.8. The molecule has 8 aromatic carbocycles. The van der Waals surface area contributed by atoms with Crippen LogP contribution in [0.1, 0.15) is 43.2 Å². The first kappa shape index (κ1) is 34.3. The molecule has 5 aliphatic rings. The van der Waals surface area contributed by atoms with Gasteiger partial charge in [-0.3, -0.25) is 0 Å². The molecule has 2 nitrogen and oxygen atoms in total. The van der Waals surface area contributed by atoms with Crippen LogP contribution in [-0.2, 0) is 5.41 Å². The van der Waals surface area contributed by atoms with E-state index >= 15 is 0 Å². The highest BCUT2D eigenvalue weighted by Crippen LogP contribution is 2.69. The van der Waals surface area contributed by atoms with Crippen molar-refractivity contribution in [3.05, 3.63) is 193 Å². The number of hydrogen-bond acceptors (Lipinski definition) is 2. The Morgan fingerprint density at radius 2 is 1.16 bits per heavy atom. The van der Waals surface area contributed by atoms with Crippen molar-refractivity contribution in [3.8, 4) is 27.9 Å². The Morgan fingerprint density at radius 1 is 0.475 bits per heavy atom. The third-order valence-corrected chi connectivity index (χ3v) is 16.7. The molecule has 2 aromatic heterocycles. The molecule has 0 saturated heterocycles. The second-order valence-corrected chi connectivity index (χ2v) is 19.6. The average Bonchev–Trinajstić information content (AvgIpc) is 3.95. The van der Waals surface area contributed by atoms with Crippen molar-refractivity contribution in [3.63, 3.8) is 0 Å². The first-order valence-corrected chi connectivity index (χ1v) is 23.2. The van der Waals surface area contributed by atoms with Crippen LogP contribution in [0.3, 0.4) is 0 Å². The number of thiophene rings is 1. The molecule has 5 aliphatic carbocycles. The first-order chi connectivity index (χ1) is 30.2. The molecule has 0 unspecified atom stereocenters. The summed E-state index contributed by atoms with van der Waals surface area (Å²) < 4.78 is 5.13. The van der Waals surface area contributed by atoms with Gasteiger partial charge in [-0.25, -0.2) is 0 Å². The van der Waals surface area contributed by atoms with Gasteiger partial charge in [0.05, 0.1) is 22.4 Å². The van der Waals surface area contributed by atoms with Crippen LogP contribution in [0.2, 0.25) is 0 Å². The van der Waals surface area contributed by atoms with Gasteiger partial charge in [0.25, 0.3) is 0 Å². The predicted octanol–water partition coefficient (Wildman–Crippen LogP) is 16.0. The van der Waals surface area contributed by atoms with Crippen molar-refractivity contribution in [1.82, 2.24) is 4.57 Å². The summed E-state index contributed by atoms with van der Waals surface area (Å²) in [6, 6.07) is 69.0. The number of fused-ring (bicyclic) bond motifs is 9. The first-order valence-electron chi connectivity index (χ1n) is 22.3. The molecule has 10 aromatic rings. The molecule has 61 heavy (non-hydrogen) atoms. The molecule has 0 aliphatic heterocycles. The zero-order valence-corrected chi connectivity index (χ0v) is 34.8. The highest BCUT2D eigenvalue weighted by atomic mass is 32.1. The van der Waals surface area contributed by atoms with Gasteiger partial charge in [0.1, 0.15) is 0 Å². The summed E-state index contributed by atoms with van der Waals surface area (Å²) in [5.74, 6) is 3.19. The molecule has 3 heteroatoms. The normalized spacial score (nSPS) is 22.2. The molecule has 2 heterocycles. The van der Waals surface area contributed by atoms with Gasteiger partial charge in [-0.15, -0.1) is 11.3 Å². The van der Waals surface area contributed by atoms with Crippen LogP contribution in [0.5, 0.6) is 0 Å². The molecule has 0 amide bonds. The Morgan fingerprint density at radius 3 is 2.00 bits per heavy atom. The minimum Gasteiger partial charge on any atom is -0.308 e. The van der Waals surface area contributed by atoms with Crippen molar-refractivity contribution in [1.29, 1.82) is 0 Å². The maximum atomic E-state index is 2.67. The minimum absolute atomic E-state index is 0.0703. The van der Waals surface area contributed by atoms with Gasteiger partial charge in [0, 0.05) is 47.7 Å². The third-order valence-electron chi connectivity index (χ3n) is 15.5. The standard InChI is InChI=1S/C58H44N2S/c1-3-13-38(14-4-1)39-25-27-48-55(34-39)61-54-24-12-22-52(56(48)54)59(53-23-11-19-47-46-18-8-10-21-51(46)60(57(47)53)42-15-5-2-6-16-42)43-26-28-45-44-17-7-9-20-49(44)58(50(45)35-43)40-30-36-29-37(32-40)33-41(58)31-36/h1-28,34-37,40-41H,29-33H2. The second kappa shape index (κ2) is 12.8.